The van der Waals surface area contributed by atoms with Crippen LogP contribution >= 0.6 is 0 Å². The second-order valence-electron chi connectivity index (χ2n) is 10.4. The third kappa shape index (κ3) is 8.81. The summed E-state index contributed by atoms with van der Waals surface area (Å²) in [5.41, 5.74) is 4.02. The number of unbranched alkanes of at least 4 members (excludes halogenated alkanes) is 2. The fourth-order valence-electron chi connectivity index (χ4n) is 5.16. The van der Waals surface area contributed by atoms with Crippen LogP contribution in [0.1, 0.15) is 100 Å². The molecular formula is C32H44O4. The lowest BCUT2D eigenvalue weighted by atomic mass is 9.77. The second kappa shape index (κ2) is 14.8. The Morgan fingerprint density at radius 2 is 1.72 bits per heavy atom. The normalized spacial score (nSPS) is 18.4. The Morgan fingerprint density at radius 1 is 1.03 bits per heavy atom. The molecule has 0 bridgehead atoms. The van der Waals surface area contributed by atoms with E-state index in [2.05, 4.69) is 37.8 Å². The van der Waals surface area contributed by atoms with E-state index in [1.807, 2.05) is 24.3 Å². The van der Waals surface area contributed by atoms with Gasteiger partial charge in [-0.3, -0.25) is 0 Å². The van der Waals surface area contributed by atoms with E-state index < -0.39 is 5.97 Å². The molecule has 0 spiro atoms. The van der Waals surface area contributed by atoms with E-state index >= 15 is 0 Å². The van der Waals surface area contributed by atoms with Crippen molar-refractivity contribution in [3.05, 3.63) is 77.4 Å². The molecule has 4 nitrogen and oxygen atoms in total. The van der Waals surface area contributed by atoms with E-state index in [0.717, 1.165) is 17.2 Å². The average molecular weight is 493 g/mol. The molecule has 1 saturated carbocycles. The molecule has 3 rings (SSSR count). The van der Waals surface area contributed by atoms with E-state index in [0.29, 0.717) is 24.5 Å². The largest absolute Gasteiger partial charge is 0.489 e. The topological polar surface area (TPSA) is 55.8 Å². The van der Waals surface area contributed by atoms with Crippen molar-refractivity contribution in [2.45, 2.75) is 90.1 Å². The van der Waals surface area contributed by atoms with E-state index in [4.69, 9.17) is 9.47 Å². The van der Waals surface area contributed by atoms with Gasteiger partial charge in [-0.05, 0) is 79.7 Å². The number of hydrogen-bond acceptors (Lipinski definition) is 4. The molecule has 0 aromatic heterocycles. The van der Waals surface area contributed by atoms with E-state index in [9.17, 15) is 9.90 Å². The predicted molar refractivity (Wildman–Crippen MR) is 146 cm³/mol. The van der Waals surface area contributed by atoms with Gasteiger partial charge in [0.15, 0.2) is 0 Å². The number of carbonyl (C=O) groups excluding carboxylic acids is 1. The van der Waals surface area contributed by atoms with Crippen LogP contribution in [-0.4, -0.2) is 24.3 Å². The molecule has 0 radical (unpaired) electrons. The Balaban J connectivity index is 1.46. The summed E-state index contributed by atoms with van der Waals surface area (Å²) in [6.07, 6.45) is 11.4. The van der Waals surface area contributed by atoms with Gasteiger partial charge in [0.05, 0.1) is 6.61 Å². The van der Waals surface area contributed by atoms with Crippen LogP contribution in [0, 0.1) is 5.92 Å². The summed E-state index contributed by atoms with van der Waals surface area (Å²) < 4.78 is 11.3. The minimum atomic E-state index is -0.404. The lowest BCUT2D eigenvalue weighted by molar-refractivity contribution is -0.139. The van der Waals surface area contributed by atoms with Crippen LogP contribution in [0.4, 0.5) is 0 Å². The van der Waals surface area contributed by atoms with Gasteiger partial charge < -0.3 is 14.6 Å². The van der Waals surface area contributed by atoms with Crippen LogP contribution in [0.2, 0.25) is 0 Å². The van der Waals surface area contributed by atoms with Crippen molar-refractivity contribution in [1.29, 1.82) is 0 Å². The summed E-state index contributed by atoms with van der Waals surface area (Å²) >= 11 is 0. The quantitative estimate of drug-likeness (QED) is 0.167. The molecule has 0 amide bonds. The second-order valence-corrected chi connectivity index (χ2v) is 10.4. The van der Waals surface area contributed by atoms with Gasteiger partial charge in [-0.2, -0.15) is 0 Å². The molecule has 1 atom stereocenters. The smallest absolute Gasteiger partial charge is 0.333 e. The van der Waals surface area contributed by atoms with Gasteiger partial charge in [-0.15, -0.1) is 0 Å². The first kappa shape index (κ1) is 28.0. The Bertz CT molecular complexity index is 924. The molecule has 196 valence electrons. The van der Waals surface area contributed by atoms with Crippen molar-refractivity contribution in [2.24, 2.45) is 5.92 Å². The monoisotopic (exact) mass is 492 g/mol. The van der Waals surface area contributed by atoms with E-state index in [1.54, 1.807) is 6.92 Å². The highest BCUT2D eigenvalue weighted by Gasteiger charge is 2.22. The number of ether oxygens (including phenoxy) is 2. The van der Waals surface area contributed by atoms with E-state index in [1.165, 1.54) is 62.5 Å². The SMILES string of the molecule is C=C(C)C(=O)OCC(CCO)c1ccc(OCc2ccc(C3CCC(CCCCC)CC3)cc2)cc1. The van der Waals surface area contributed by atoms with Gasteiger partial charge in [0.2, 0.25) is 0 Å². The zero-order valence-corrected chi connectivity index (χ0v) is 22.2. The lowest BCUT2D eigenvalue weighted by Crippen LogP contribution is -2.14. The van der Waals surface area contributed by atoms with Crippen LogP contribution in [0.3, 0.4) is 0 Å². The molecule has 1 unspecified atom stereocenters. The van der Waals surface area contributed by atoms with Crippen molar-refractivity contribution in [2.75, 3.05) is 13.2 Å². The molecule has 0 aliphatic heterocycles. The highest BCUT2D eigenvalue weighted by molar-refractivity contribution is 5.86. The Labute approximate surface area is 217 Å². The van der Waals surface area contributed by atoms with Crippen molar-refractivity contribution >= 4 is 5.97 Å². The van der Waals surface area contributed by atoms with Crippen LogP contribution in [0.25, 0.3) is 0 Å². The number of benzene rings is 2. The van der Waals surface area contributed by atoms with Gasteiger partial charge in [0, 0.05) is 18.1 Å². The molecule has 1 N–H and O–H groups in total. The van der Waals surface area contributed by atoms with Crippen LogP contribution < -0.4 is 4.74 Å². The summed E-state index contributed by atoms with van der Waals surface area (Å²) in [7, 11) is 0. The zero-order valence-electron chi connectivity index (χ0n) is 22.2. The molecule has 2 aromatic rings. The van der Waals surface area contributed by atoms with Gasteiger partial charge in [0.1, 0.15) is 12.4 Å². The van der Waals surface area contributed by atoms with Gasteiger partial charge in [0.25, 0.3) is 0 Å². The third-order valence-electron chi connectivity index (χ3n) is 7.51. The van der Waals surface area contributed by atoms with E-state index in [-0.39, 0.29) is 19.1 Å². The summed E-state index contributed by atoms with van der Waals surface area (Å²) in [5.74, 6) is 1.98. The number of esters is 1. The maximum atomic E-state index is 11.7. The molecular weight excluding hydrogens is 448 g/mol. The molecule has 4 heteroatoms. The molecule has 0 heterocycles. The summed E-state index contributed by atoms with van der Waals surface area (Å²) in [6, 6.07) is 16.8. The minimum absolute atomic E-state index is 0.0317. The number of aliphatic hydroxyl groups is 1. The van der Waals surface area contributed by atoms with Crippen molar-refractivity contribution < 1.29 is 19.4 Å². The average Bonchev–Trinajstić information content (AvgIpc) is 2.91. The number of carbonyl (C=O) groups is 1. The Morgan fingerprint density at radius 3 is 2.33 bits per heavy atom. The van der Waals surface area contributed by atoms with Crippen LogP contribution in [0.5, 0.6) is 5.75 Å². The van der Waals surface area contributed by atoms with Gasteiger partial charge in [-0.1, -0.05) is 75.6 Å². The summed E-state index contributed by atoms with van der Waals surface area (Å²) in [4.78, 5) is 11.7. The fraction of sp³-hybridized carbons (Fsp3) is 0.531. The molecule has 0 saturated heterocycles. The van der Waals surface area contributed by atoms with Gasteiger partial charge in [-0.25, -0.2) is 4.79 Å². The first-order valence-corrected chi connectivity index (χ1v) is 13.7. The number of aliphatic hydroxyl groups excluding tert-OH is 1. The molecule has 1 aliphatic carbocycles. The highest BCUT2D eigenvalue weighted by atomic mass is 16.5. The lowest BCUT2D eigenvalue weighted by Gasteiger charge is -2.29. The fourth-order valence-corrected chi connectivity index (χ4v) is 5.16. The highest BCUT2D eigenvalue weighted by Crippen LogP contribution is 2.37. The maximum Gasteiger partial charge on any atom is 0.333 e. The zero-order chi connectivity index (χ0) is 25.8. The van der Waals surface area contributed by atoms with Crippen LogP contribution in [-0.2, 0) is 16.1 Å². The summed E-state index contributed by atoms with van der Waals surface area (Å²) in [5, 5.41) is 9.41. The molecule has 1 fully saturated rings. The molecule has 1 aliphatic rings. The molecule has 36 heavy (non-hydrogen) atoms. The van der Waals surface area contributed by atoms with Crippen molar-refractivity contribution in [3.8, 4) is 5.75 Å². The number of rotatable bonds is 14. The molecule has 2 aromatic carbocycles. The Kier molecular flexibility index (Phi) is 11.5. The van der Waals surface area contributed by atoms with Crippen molar-refractivity contribution in [1.82, 2.24) is 0 Å². The minimum Gasteiger partial charge on any atom is -0.489 e. The van der Waals surface area contributed by atoms with Gasteiger partial charge >= 0.3 is 5.97 Å². The Hall–Kier alpha value is -2.59. The maximum absolute atomic E-state index is 11.7. The third-order valence-corrected chi connectivity index (χ3v) is 7.51. The number of hydrogen-bond donors (Lipinski definition) is 1. The standard InChI is InChI=1S/C32H44O4/c1-4-5-6-7-25-8-12-27(13-9-25)28-14-10-26(11-15-28)22-35-31-18-16-29(17-19-31)30(20-21-33)23-36-32(34)24(2)3/h10-11,14-19,25,27,30,33H,2,4-9,12-13,20-23H2,1,3H3. The first-order chi connectivity index (χ1) is 17.5. The predicted octanol–water partition coefficient (Wildman–Crippen LogP) is 7.71. The van der Waals surface area contributed by atoms with Crippen molar-refractivity contribution in [3.63, 3.8) is 0 Å². The first-order valence-electron chi connectivity index (χ1n) is 13.7. The van der Waals surface area contributed by atoms with Crippen LogP contribution in [0.15, 0.2) is 60.7 Å². The summed E-state index contributed by atoms with van der Waals surface area (Å²) in [6.45, 7) is 8.30.